The van der Waals surface area contributed by atoms with E-state index in [1.54, 1.807) is 0 Å². The number of amides is 2. The van der Waals surface area contributed by atoms with E-state index in [9.17, 15) is 4.79 Å². The van der Waals surface area contributed by atoms with Gasteiger partial charge in [-0.05, 0) is 18.6 Å². The number of thioether (sulfide) groups is 1. The summed E-state index contributed by atoms with van der Waals surface area (Å²) in [5.41, 5.74) is 2.03. The van der Waals surface area contributed by atoms with Gasteiger partial charge in [-0.15, -0.1) is 0 Å². The maximum atomic E-state index is 10.6. The first-order valence-electron chi connectivity index (χ1n) is 3.69. The molecule has 1 rings (SSSR count). The molecule has 1 unspecified atom stereocenters. The van der Waals surface area contributed by atoms with Gasteiger partial charge < -0.3 is 5.32 Å². The third kappa shape index (κ3) is 2.98. The number of carbonyl (C=O) groups is 1. The summed E-state index contributed by atoms with van der Waals surface area (Å²) in [4.78, 5) is 10.6. The molecule has 1 atom stereocenters. The number of nitrogens with one attached hydrogen (secondary N) is 2. The number of carbonyl (C=O) groups excluding carboxylic acids is 1. The van der Waals surface area contributed by atoms with Crippen LogP contribution in [0.3, 0.4) is 0 Å². The van der Waals surface area contributed by atoms with E-state index in [4.69, 9.17) is 5.84 Å². The monoisotopic (exact) mass is 175 g/mol. The minimum Gasteiger partial charge on any atom is -0.336 e. The number of hydrazine groups is 1. The van der Waals surface area contributed by atoms with E-state index >= 15 is 0 Å². The Balaban J connectivity index is 2.06. The zero-order chi connectivity index (χ0) is 8.10. The molecule has 0 spiro atoms. The molecule has 1 fully saturated rings. The van der Waals surface area contributed by atoms with Gasteiger partial charge in [0.2, 0.25) is 0 Å². The van der Waals surface area contributed by atoms with Gasteiger partial charge in [-0.25, -0.2) is 10.6 Å². The maximum absolute atomic E-state index is 10.6. The summed E-state index contributed by atoms with van der Waals surface area (Å²) < 4.78 is 0. The highest BCUT2D eigenvalue weighted by Crippen LogP contribution is 2.24. The van der Waals surface area contributed by atoms with E-state index in [1.165, 1.54) is 18.6 Å². The van der Waals surface area contributed by atoms with Crippen molar-refractivity contribution in [1.82, 2.24) is 10.7 Å². The van der Waals surface area contributed by atoms with E-state index < -0.39 is 0 Å². The van der Waals surface area contributed by atoms with Crippen LogP contribution in [0.2, 0.25) is 0 Å². The van der Waals surface area contributed by atoms with Crippen molar-refractivity contribution < 1.29 is 4.79 Å². The lowest BCUT2D eigenvalue weighted by Crippen LogP contribution is -2.42. The van der Waals surface area contributed by atoms with Crippen LogP contribution in [0.5, 0.6) is 0 Å². The second-order valence-electron chi connectivity index (χ2n) is 2.49. The van der Waals surface area contributed by atoms with Crippen molar-refractivity contribution in [1.29, 1.82) is 0 Å². The summed E-state index contributed by atoms with van der Waals surface area (Å²) >= 11 is 1.91. The number of urea groups is 1. The minimum absolute atomic E-state index is 0.294. The normalized spacial score (nSPS) is 23.2. The molecule has 2 amide bonds. The summed E-state index contributed by atoms with van der Waals surface area (Å²) in [5, 5.41) is 3.27. The average molecular weight is 175 g/mol. The van der Waals surface area contributed by atoms with Crippen LogP contribution in [0.25, 0.3) is 0 Å². The standard InChI is InChI=1S/C6H13N3OS/c7-9-6(10)8-4-5-2-1-3-11-5/h5H,1-4,7H2,(H2,8,9,10). The van der Waals surface area contributed by atoms with Crippen molar-refractivity contribution in [2.24, 2.45) is 5.84 Å². The summed E-state index contributed by atoms with van der Waals surface area (Å²) in [5.74, 6) is 6.11. The Morgan fingerprint density at radius 2 is 2.55 bits per heavy atom. The Bertz CT molecular complexity index is 136. The Morgan fingerprint density at radius 1 is 1.73 bits per heavy atom. The fourth-order valence-corrected chi connectivity index (χ4v) is 2.26. The Labute approximate surface area is 70.3 Å². The van der Waals surface area contributed by atoms with Gasteiger partial charge in [0.1, 0.15) is 0 Å². The fraction of sp³-hybridized carbons (Fsp3) is 0.833. The first-order valence-corrected chi connectivity index (χ1v) is 4.74. The van der Waals surface area contributed by atoms with E-state index in [0.717, 1.165) is 6.54 Å². The molecule has 4 N–H and O–H groups in total. The van der Waals surface area contributed by atoms with Crippen molar-refractivity contribution >= 4 is 17.8 Å². The molecule has 0 aromatic rings. The van der Waals surface area contributed by atoms with Gasteiger partial charge in [0.05, 0.1) is 0 Å². The molecule has 5 heteroatoms. The Hall–Kier alpha value is -0.420. The van der Waals surface area contributed by atoms with Gasteiger partial charge in [0.15, 0.2) is 0 Å². The third-order valence-corrected chi connectivity index (χ3v) is 3.04. The first kappa shape index (κ1) is 8.67. The maximum Gasteiger partial charge on any atom is 0.328 e. The van der Waals surface area contributed by atoms with Gasteiger partial charge in [0, 0.05) is 11.8 Å². The molecule has 64 valence electrons. The van der Waals surface area contributed by atoms with Crippen molar-refractivity contribution in [3.05, 3.63) is 0 Å². The largest absolute Gasteiger partial charge is 0.336 e. The smallest absolute Gasteiger partial charge is 0.328 e. The van der Waals surface area contributed by atoms with Crippen LogP contribution in [0.4, 0.5) is 4.79 Å². The number of nitrogens with two attached hydrogens (primary N) is 1. The summed E-state index contributed by atoms with van der Waals surface area (Å²) in [6, 6.07) is -0.294. The lowest BCUT2D eigenvalue weighted by molar-refractivity contribution is 0.241. The Kier molecular flexibility index (Phi) is 3.51. The predicted molar refractivity (Wildman–Crippen MR) is 46.2 cm³/mol. The topological polar surface area (TPSA) is 67.1 Å². The van der Waals surface area contributed by atoms with Crippen LogP contribution in [0, 0.1) is 0 Å². The predicted octanol–water partition coefficient (Wildman–Crippen LogP) is 0.0549. The highest BCUT2D eigenvalue weighted by Gasteiger charge is 2.15. The van der Waals surface area contributed by atoms with Crippen molar-refractivity contribution in [2.45, 2.75) is 18.1 Å². The third-order valence-electron chi connectivity index (χ3n) is 1.65. The zero-order valence-corrected chi connectivity index (χ0v) is 7.12. The molecule has 1 aliphatic rings. The fourth-order valence-electron chi connectivity index (χ4n) is 1.06. The molecule has 0 bridgehead atoms. The van der Waals surface area contributed by atoms with E-state index in [0.29, 0.717) is 5.25 Å². The van der Waals surface area contributed by atoms with Gasteiger partial charge >= 0.3 is 6.03 Å². The lowest BCUT2D eigenvalue weighted by Gasteiger charge is -2.08. The zero-order valence-electron chi connectivity index (χ0n) is 6.30. The van der Waals surface area contributed by atoms with Crippen molar-refractivity contribution in [3.8, 4) is 0 Å². The van der Waals surface area contributed by atoms with Crippen molar-refractivity contribution in [2.75, 3.05) is 12.3 Å². The molecule has 0 aliphatic carbocycles. The summed E-state index contributed by atoms with van der Waals surface area (Å²) in [6.07, 6.45) is 2.47. The van der Waals surface area contributed by atoms with Crippen LogP contribution in [-0.4, -0.2) is 23.6 Å². The molecule has 11 heavy (non-hydrogen) atoms. The molecule has 1 saturated heterocycles. The first-order chi connectivity index (χ1) is 5.33. The molecule has 0 radical (unpaired) electrons. The molecule has 0 saturated carbocycles. The van der Waals surface area contributed by atoms with E-state index in [2.05, 4.69) is 5.32 Å². The van der Waals surface area contributed by atoms with E-state index in [-0.39, 0.29) is 6.03 Å². The quantitative estimate of drug-likeness (QED) is 0.316. The molecular formula is C6H13N3OS. The summed E-state index contributed by atoms with van der Waals surface area (Å²) in [6.45, 7) is 0.730. The average Bonchev–Trinajstić information content (AvgIpc) is 2.52. The molecular weight excluding hydrogens is 162 g/mol. The van der Waals surface area contributed by atoms with Gasteiger partial charge in [-0.3, -0.25) is 5.43 Å². The molecule has 1 heterocycles. The van der Waals surface area contributed by atoms with Gasteiger partial charge in [-0.1, -0.05) is 0 Å². The van der Waals surface area contributed by atoms with Crippen LogP contribution >= 0.6 is 11.8 Å². The highest BCUT2D eigenvalue weighted by molar-refractivity contribution is 8.00. The second-order valence-corrected chi connectivity index (χ2v) is 3.90. The Morgan fingerprint density at radius 3 is 3.09 bits per heavy atom. The lowest BCUT2D eigenvalue weighted by atomic mass is 10.2. The van der Waals surface area contributed by atoms with Gasteiger partial charge in [0.25, 0.3) is 0 Å². The van der Waals surface area contributed by atoms with E-state index in [1.807, 2.05) is 17.2 Å². The molecule has 0 aromatic heterocycles. The van der Waals surface area contributed by atoms with Crippen molar-refractivity contribution in [3.63, 3.8) is 0 Å². The molecule has 0 aromatic carbocycles. The second kappa shape index (κ2) is 4.46. The van der Waals surface area contributed by atoms with Crippen LogP contribution in [0.15, 0.2) is 0 Å². The minimum atomic E-state index is -0.294. The SMILES string of the molecule is NNC(=O)NCC1CCCS1. The number of hydrogen-bond acceptors (Lipinski definition) is 3. The summed E-state index contributed by atoms with van der Waals surface area (Å²) in [7, 11) is 0. The molecule has 4 nitrogen and oxygen atoms in total. The van der Waals surface area contributed by atoms with Gasteiger partial charge in [-0.2, -0.15) is 11.8 Å². The number of rotatable bonds is 2. The molecule has 1 aliphatic heterocycles. The van der Waals surface area contributed by atoms with Crippen LogP contribution in [0.1, 0.15) is 12.8 Å². The van der Waals surface area contributed by atoms with Crippen LogP contribution < -0.4 is 16.6 Å². The highest BCUT2D eigenvalue weighted by atomic mass is 32.2. The van der Waals surface area contributed by atoms with Crippen LogP contribution in [-0.2, 0) is 0 Å². The number of hydrogen-bond donors (Lipinski definition) is 3.